The van der Waals surface area contributed by atoms with Crippen molar-refractivity contribution in [1.29, 1.82) is 0 Å². The maximum Gasteiger partial charge on any atom is 0.393 e. The molecule has 2 heterocycles. The summed E-state index contributed by atoms with van der Waals surface area (Å²) in [6.07, 6.45) is -3.69. The molecule has 2 aromatic rings. The first kappa shape index (κ1) is 16.6. The van der Waals surface area contributed by atoms with Crippen LogP contribution in [0.2, 0.25) is 0 Å². The molecule has 1 aliphatic heterocycles. The molecule has 3 N–H and O–H groups in total. The van der Waals surface area contributed by atoms with Crippen LogP contribution in [0.1, 0.15) is 12.8 Å². The van der Waals surface area contributed by atoms with E-state index in [2.05, 4.69) is 15.3 Å². The maximum atomic E-state index is 12.8. The van der Waals surface area contributed by atoms with Crippen LogP contribution < -0.4 is 11.0 Å². The minimum Gasteiger partial charge on any atom is -0.325 e. The molecular formula is C15H17F3N4O2. The number of nitrogens with one attached hydrogen (secondary N) is 3. The fourth-order valence-corrected chi connectivity index (χ4v) is 2.98. The summed E-state index contributed by atoms with van der Waals surface area (Å²) in [5.74, 6) is -1.75. The second-order valence-corrected chi connectivity index (χ2v) is 6.00. The highest BCUT2D eigenvalue weighted by molar-refractivity contribution is 5.94. The number of anilines is 1. The minimum atomic E-state index is -4.22. The standard InChI is InChI=1S/C15H17F3N4O2/c16-15(17,18)9-2-1-5-22(7-9)8-13(23)19-10-3-4-11-12(6-10)21-14(24)20-11/h3-4,6,9H,1-2,5,7-8H2,(H,19,23)(H2,20,21,24)/t9-/m0/s1. The van der Waals surface area contributed by atoms with Crippen molar-refractivity contribution in [1.82, 2.24) is 14.9 Å². The van der Waals surface area contributed by atoms with E-state index < -0.39 is 12.1 Å². The lowest BCUT2D eigenvalue weighted by Crippen LogP contribution is -2.44. The molecule has 1 aromatic heterocycles. The van der Waals surface area contributed by atoms with Crippen LogP contribution in [0.15, 0.2) is 23.0 Å². The number of hydrogen-bond acceptors (Lipinski definition) is 3. The molecule has 0 unspecified atom stereocenters. The number of H-pyrrole nitrogens is 2. The highest BCUT2D eigenvalue weighted by Crippen LogP contribution is 2.32. The summed E-state index contributed by atoms with van der Waals surface area (Å²) in [7, 11) is 0. The Labute approximate surface area is 135 Å². The normalized spacial score (nSPS) is 19.5. The molecule has 1 amide bonds. The van der Waals surface area contributed by atoms with Crippen molar-refractivity contribution in [3.63, 3.8) is 0 Å². The Kier molecular flexibility index (Phi) is 4.35. The molecular weight excluding hydrogens is 325 g/mol. The SMILES string of the molecule is O=C(CN1CCC[C@H](C(F)(F)F)C1)Nc1ccc2[nH]c(=O)[nH]c2c1. The lowest BCUT2D eigenvalue weighted by Gasteiger charge is -2.33. The zero-order valence-corrected chi connectivity index (χ0v) is 12.7. The fourth-order valence-electron chi connectivity index (χ4n) is 2.98. The van der Waals surface area contributed by atoms with E-state index in [1.807, 2.05) is 0 Å². The number of alkyl halides is 3. The van der Waals surface area contributed by atoms with Crippen LogP contribution >= 0.6 is 0 Å². The van der Waals surface area contributed by atoms with E-state index in [9.17, 15) is 22.8 Å². The Morgan fingerprint density at radius 1 is 1.29 bits per heavy atom. The minimum absolute atomic E-state index is 0.0890. The topological polar surface area (TPSA) is 81.0 Å². The van der Waals surface area contributed by atoms with Gasteiger partial charge < -0.3 is 15.3 Å². The first-order valence-electron chi connectivity index (χ1n) is 7.62. The number of benzene rings is 1. The summed E-state index contributed by atoms with van der Waals surface area (Å²) in [4.78, 5) is 29.9. The molecule has 1 saturated heterocycles. The van der Waals surface area contributed by atoms with E-state index in [4.69, 9.17) is 0 Å². The van der Waals surface area contributed by atoms with Crippen LogP contribution in [0.3, 0.4) is 0 Å². The summed E-state index contributed by atoms with van der Waals surface area (Å²) in [6.45, 7) is 0.236. The third-order valence-corrected chi connectivity index (χ3v) is 4.14. The van der Waals surface area contributed by atoms with Crippen molar-refractivity contribution in [2.24, 2.45) is 5.92 Å². The van der Waals surface area contributed by atoms with Crippen molar-refractivity contribution in [3.05, 3.63) is 28.7 Å². The predicted molar refractivity (Wildman–Crippen MR) is 82.8 cm³/mol. The lowest BCUT2D eigenvalue weighted by molar-refractivity contribution is -0.186. The number of rotatable bonds is 3. The van der Waals surface area contributed by atoms with Crippen molar-refractivity contribution in [2.45, 2.75) is 19.0 Å². The monoisotopic (exact) mass is 342 g/mol. The summed E-state index contributed by atoms with van der Waals surface area (Å²) in [6, 6.07) is 4.86. The number of fused-ring (bicyclic) bond motifs is 1. The van der Waals surface area contributed by atoms with Crippen LogP contribution in [-0.2, 0) is 4.79 Å². The summed E-state index contributed by atoms with van der Waals surface area (Å²) >= 11 is 0. The lowest BCUT2D eigenvalue weighted by atomic mass is 9.97. The molecule has 24 heavy (non-hydrogen) atoms. The fraction of sp³-hybridized carbons (Fsp3) is 0.467. The summed E-state index contributed by atoms with van der Waals surface area (Å²) < 4.78 is 38.4. The smallest absolute Gasteiger partial charge is 0.325 e. The van der Waals surface area contributed by atoms with Gasteiger partial charge in [0.05, 0.1) is 23.5 Å². The van der Waals surface area contributed by atoms with Crippen molar-refractivity contribution < 1.29 is 18.0 Å². The summed E-state index contributed by atoms with van der Waals surface area (Å²) in [5.41, 5.74) is 1.29. The van der Waals surface area contributed by atoms with E-state index in [-0.39, 0.29) is 31.1 Å². The molecule has 1 atom stereocenters. The van der Waals surface area contributed by atoms with Gasteiger partial charge in [0.2, 0.25) is 5.91 Å². The molecule has 0 aliphatic carbocycles. The summed E-state index contributed by atoms with van der Waals surface area (Å²) in [5, 5.41) is 2.65. The van der Waals surface area contributed by atoms with Gasteiger partial charge in [-0.05, 0) is 37.6 Å². The molecule has 1 aromatic carbocycles. The van der Waals surface area contributed by atoms with Gasteiger partial charge in [-0.3, -0.25) is 9.69 Å². The van der Waals surface area contributed by atoms with E-state index in [0.29, 0.717) is 29.7 Å². The van der Waals surface area contributed by atoms with Crippen LogP contribution in [0.4, 0.5) is 18.9 Å². The molecule has 0 spiro atoms. The first-order valence-corrected chi connectivity index (χ1v) is 7.62. The molecule has 130 valence electrons. The second-order valence-electron chi connectivity index (χ2n) is 6.00. The number of aromatic nitrogens is 2. The quantitative estimate of drug-likeness (QED) is 0.799. The van der Waals surface area contributed by atoms with Gasteiger partial charge >= 0.3 is 11.9 Å². The van der Waals surface area contributed by atoms with Gasteiger partial charge in [0, 0.05) is 12.2 Å². The van der Waals surface area contributed by atoms with Crippen molar-refractivity contribution in [3.8, 4) is 0 Å². The number of amides is 1. The Morgan fingerprint density at radius 2 is 2.04 bits per heavy atom. The number of imidazole rings is 1. The Hall–Kier alpha value is -2.29. The van der Waals surface area contributed by atoms with E-state index >= 15 is 0 Å². The van der Waals surface area contributed by atoms with Crippen LogP contribution in [0.5, 0.6) is 0 Å². The third kappa shape index (κ3) is 3.78. The number of aromatic amines is 2. The number of piperidine rings is 1. The first-order chi connectivity index (χ1) is 11.3. The zero-order valence-electron chi connectivity index (χ0n) is 12.7. The number of nitrogens with zero attached hydrogens (tertiary/aromatic N) is 1. The van der Waals surface area contributed by atoms with Gasteiger partial charge in [-0.1, -0.05) is 0 Å². The molecule has 3 rings (SSSR count). The van der Waals surface area contributed by atoms with Gasteiger partial charge in [-0.15, -0.1) is 0 Å². The largest absolute Gasteiger partial charge is 0.393 e. The highest BCUT2D eigenvalue weighted by atomic mass is 19.4. The third-order valence-electron chi connectivity index (χ3n) is 4.14. The van der Waals surface area contributed by atoms with Crippen molar-refractivity contribution >= 4 is 22.6 Å². The number of hydrogen-bond donors (Lipinski definition) is 3. The van der Waals surface area contributed by atoms with Gasteiger partial charge in [-0.2, -0.15) is 13.2 Å². The van der Waals surface area contributed by atoms with Gasteiger partial charge in [-0.25, -0.2) is 4.79 Å². The second kappa shape index (κ2) is 6.31. The molecule has 6 nitrogen and oxygen atoms in total. The van der Waals surface area contributed by atoms with Gasteiger partial charge in [0.15, 0.2) is 0 Å². The van der Waals surface area contributed by atoms with E-state index in [0.717, 1.165) is 0 Å². The van der Waals surface area contributed by atoms with Crippen LogP contribution in [0, 0.1) is 5.92 Å². The Bertz CT molecular complexity index is 796. The average Bonchev–Trinajstić information content (AvgIpc) is 2.86. The number of likely N-dealkylation sites (tertiary alicyclic amines) is 1. The number of halogens is 3. The zero-order chi connectivity index (χ0) is 17.3. The van der Waals surface area contributed by atoms with E-state index in [1.54, 1.807) is 18.2 Å². The maximum absolute atomic E-state index is 12.8. The van der Waals surface area contributed by atoms with Crippen molar-refractivity contribution in [2.75, 3.05) is 25.0 Å². The molecule has 1 aliphatic rings. The van der Waals surface area contributed by atoms with Gasteiger partial charge in [0.1, 0.15) is 0 Å². The van der Waals surface area contributed by atoms with Crippen LogP contribution in [0.25, 0.3) is 11.0 Å². The number of carbonyl (C=O) groups is 1. The predicted octanol–water partition coefficient (Wildman–Crippen LogP) is 2.07. The Morgan fingerprint density at radius 3 is 2.79 bits per heavy atom. The molecule has 0 bridgehead atoms. The van der Waals surface area contributed by atoms with Crippen LogP contribution in [-0.4, -0.2) is 46.6 Å². The molecule has 0 saturated carbocycles. The molecule has 0 radical (unpaired) electrons. The highest BCUT2D eigenvalue weighted by Gasteiger charge is 2.41. The molecule has 1 fully saturated rings. The number of carbonyl (C=O) groups excluding carboxylic acids is 1. The van der Waals surface area contributed by atoms with E-state index in [1.165, 1.54) is 4.90 Å². The van der Waals surface area contributed by atoms with Gasteiger partial charge in [0.25, 0.3) is 0 Å². The molecule has 9 heteroatoms. The average molecular weight is 342 g/mol. The Balaban J connectivity index is 1.61.